The van der Waals surface area contributed by atoms with Crippen molar-refractivity contribution in [3.8, 4) is 0 Å². The summed E-state index contributed by atoms with van der Waals surface area (Å²) in [5.74, 6) is 1.93. The average molecular weight is 345 g/mol. The lowest BCUT2D eigenvalue weighted by Crippen LogP contribution is -2.52. The Labute approximate surface area is 150 Å². The van der Waals surface area contributed by atoms with Gasteiger partial charge < -0.3 is 14.9 Å². The first-order valence-electron chi connectivity index (χ1n) is 10.00. The predicted molar refractivity (Wildman–Crippen MR) is 100 cm³/mol. The van der Waals surface area contributed by atoms with E-state index in [9.17, 15) is 5.11 Å². The van der Waals surface area contributed by atoms with E-state index in [2.05, 4.69) is 19.7 Å². The van der Waals surface area contributed by atoms with Crippen molar-refractivity contribution in [1.82, 2.24) is 14.9 Å². The van der Waals surface area contributed by atoms with Crippen LogP contribution in [0.3, 0.4) is 0 Å². The van der Waals surface area contributed by atoms with Gasteiger partial charge in [-0.3, -0.25) is 4.90 Å². The van der Waals surface area contributed by atoms with Crippen molar-refractivity contribution >= 4 is 11.8 Å². The van der Waals surface area contributed by atoms with Gasteiger partial charge in [-0.2, -0.15) is 4.98 Å². The van der Waals surface area contributed by atoms with Gasteiger partial charge in [0.1, 0.15) is 5.82 Å². The molecule has 2 aliphatic heterocycles. The number of anilines is 2. The lowest BCUT2D eigenvalue weighted by molar-refractivity contribution is -0.0271. The number of β-amino-alcohol motifs (C(OH)–C–C–N with tert-alkyl or cyclic N) is 1. The maximum atomic E-state index is 10.8. The molecule has 6 nitrogen and oxygen atoms in total. The zero-order valence-corrected chi connectivity index (χ0v) is 15.2. The van der Waals surface area contributed by atoms with Crippen molar-refractivity contribution in [2.24, 2.45) is 0 Å². The van der Waals surface area contributed by atoms with Crippen LogP contribution in [-0.4, -0.2) is 71.4 Å². The van der Waals surface area contributed by atoms with Crippen molar-refractivity contribution in [3.63, 3.8) is 0 Å². The largest absolute Gasteiger partial charge is 0.389 e. The summed E-state index contributed by atoms with van der Waals surface area (Å²) in [5.41, 5.74) is -0.452. The van der Waals surface area contributed by atoms with Crippen LogP contribution in [0.15, 0.2) is 12.3 Å². The summed E-state index contributed by atoms with van der Waals surface area (Å²) in [6.45, 7) is 6.92. The van der Waals surface area contributed by atoms with Crippen LogP contribution >= 0.6 is 0 Å². The second kappa shape index (κ2) is 7.46. The second-order valence-corrected chi connectivity index (χ2v) is 7.96. The van der Waals surface area contributed by atoms with Gasteiger partial charge in [-0.15, -0.1) is 0 Å². The Morgan fingerprint density at radius 1 is 0.880 bits per heavy atom. The molecule has 1 N–H and O–H groups in total. The predicted octanol–water partition coefficient (Wildman–Crippen LogP) is 1.89. The summed E-state index contributed by atoms with van der Waals surface area (Å²) in [5, 5.41) is 10.8. The first-order chi connectivity index (χ1) is 12.2. The first-order valence-corrected chi connectivity index (χ1v) is 10.00. The summed E-state index contributed by atoms with van der Waals surface area (Å²) < 4.78 is 0. The molecule has 1 aromatic heterocycles. The van der Waals surface area contributed by atoms with E-state index in [1.54, 1.807) is 0 Å². The van der Waals surface area contributed by atoms with Gasteiger partial charge in [0.05, 0.1) is 5.60 Å². The van der Waals surface area contributed by atoms with E-state index >= 15 is 0 Å². The van der Waals surface area contributed by atoms with Gasteiger partial charge >= 0.3 is 0 Å². The highest BCUT2D eigenvalue weighted by Crippen LogP contribution is 2.29. The number of hydrogen-bond acceptors (Lipinski definition) is 6. The van der Waals surface area contributed by atoms with Crippen LogP contribution in [0.2, 0.25) is 0 Å². The Balaban J connectivity index is 1.33. The standard InChI is InChI=1S/C19H31N5O/c25-19(7-2-1-3-8-19)16-22-12-14-24(15-13-22)18-20-9-6-17(21-18)23-10-4-5-11-23/h6,9,25H,1-5,7-8,10-16H2. The third-order valence-electron chi connectivity index (χ3n) is 6.02. The molecule has 3 heterocycles. The number of nitrogens with zero attached hydrogens (tertiary/aromatic N) is 5. The zero-order valence-electron chi connectivity index (χ0n) is 15.2. The fraction of sp³-hybridized carbons (Fsp3) is 0.789. The number of aliphatic hydroxyl groups is 1. The average Bonchev–Trinajstić information content (AvgIpc) is 3.18. The molecule has 1 aliphatic carbocycles. The van der Waals surface area contributed by atoms with Gasteiger partial charge in [0.15, 0.2) is 0 Å². The van der Waals surface area contributed by atoms with Crippen molar-refractivity contribution < 1.29 is 5.11 Å². The van der Waals surface area contributed by atoms with Crippen molar-refractivity contribution in [2.45, 2.75) is 50.5 Å². The highest BCUT2D eigenvalue weighted by molar-refractivity contribution is 5.44. The van der Waals surface area contributed by atoms with Crippen LogP contribution in [0, 0.1) is 0 Å². The third-order valence-corrected chi connectivity index (χ3v) is 6.02. The van der Waals surface area contributed by atoms with Gasteiger partial charge in [0.2, 0.25) is 5.95 Å². The quantitative estimate of drug-likeness (QED) is 0.899. The molecule has 1 saturated carbocycles. The van der Waals surface area contributed by atoms with Crippen LogP contribution in [0.25, 0.3) is 0 Å². The van der Waals surface area contributed by atoms with E-state index in [0.29, 0.717) is 0 Å². The lowest BCUT2D eigenvalue weighted by Gasteiger charge is -2.41. The lowest BCUT2D eigenvalue weighted by atomic mass is 9.84. The zero-order chi connectivity index (χ0) is 17.1. The highest BCUT2D eigenvalue weighted by atomic mass is 16.3. The molecular weight excluding hydrogens is 314 g/mol. The van der Waals surface area contributed by atoms with Gasteiger partial charge in [-0.25, -0.2) is 4.98 Å². The van der Waals surface area contributed by atoms with Gasteiger partial charge in [0, 0.05) is 52.0 Å². The Morgan fingerprint density at radius 2 is 1.60 bits per heavy atom. The summed E-state index contributed by atoms with van der Waals surface area (Å²) in [4.78, 5) is 16.4. The summed E-state index contributed by atoms with van der Waals surface area (Å²) in [7, 11) is 0. The van der Waals surface area contributed by atoms with Gasteiger partial charge in [0.25, 0.3) is 0 Å². The maximum absolute atomic E-state index is 10.8. The van der Waals surface area contributed by atoms with Crippen molar-refractivity contribution in [1.29, 1.82) is 0 Å². The molecule has 2 saturated heterocycles. The molecular formula is C19H31N5O. The number of piperazine rings is 1. The van der Waals surface area contributed by atoms with E-state index in [0.717, 1.165) is 70.4 Å². The topological polar surface area (TPSA) is 55.7 Å². The number of hydrogen-bond donors (Lipinski definition) is 1. The van der Waals surface area contributed by atoms with Crippen LogP contribution in [0.5, 0.6) is 0 Å². The molecule has 0 aromatic carbocycles. The molecule has 3 fully saturated rings. The van der Waals surface area contributed by atoms with Crippen LogP contribution in [0.1, 0.15) is 44.9 Å². The van der Waals surface area contributed by atoms with Crippen LogP contribution in [-0.2, 0) is 0 Å². The molecule has 0 amide bonds. The van der Waals surface area contributed by atoms with E-state index in [1.807, 2.05) is 12.3 Å². The molecule has 0 radical (unpaired) electrons. The molecule has 0 spiro atoms. The van der Waals surface area contributed by atoms with Crippen molar-refractivity contribution in [3.05, 3.63) is 12.3 Å². The Morgan fingerprint density at radius 3 is 2.32 bits per heavy atom. The van der Waals surface area contributed by atoms with Gasteiger partial charge in [-0.05, 0) is 31.7 Å². The number of aromatic nitrogens is 2. The normalized spacial score (nSPS) is 24.7. The molecule has 4 rings (SSSR count). The molecule has 25 heavy (non-hydrogen) atoms. The first kappa shape index (κ1) is 17.0. The Kier molecular flexibility index (Phi) is 5.08. The minimum absolute atomic E-state index is 0.452. The third kappa shape index (κ3) is 4.06. The molecule has 138 valence electrons. The molecule has 3 aliphatic rings. The fourth-order valence-electron chi connectivity index (χ4n) is 4.50. The Hall–Kier alpha value is -1.40. The SMILES string of the molecule is OC1(CN2CCN(c3nccc(N4CCCC4)n3)CC2)CCCCC1. The second-order valence-electron chi connectivity index (χ2n) is 7.96. The van der Waals surface area contributed by atoms with E-state index in [4.69, 9.17) is 4.98 Å². The Bertz CT molecular complexity index is 561. The summed E-state index contributed by atoms with van der Waals surface area (Å²) in [6, 6.07) is 2.03. The fourth-order valence-corrected chi connectivity index (χ4v) is 4.50. The van der Waals surface area contributed by atoms with E-state index < -0.39 is 5.60 Å². The smallest absolute Gasteiger partial charge is 0.227 e. The van der Waals surface area contributed by atoms with Crippen LogP contribution < -0.4 is 9.80 Å². The maximum Gasteiger partial charge on any atom is 0.227 e. The molecule has 0 unspecified atom stereocenters. The molecule has 1 aromatic rings. The summed E-state index contributed by atoms with van der Waals surface area (Å²) in [6.07, 6.45) is 9.99. The molecule has 0 atom stereocenters. The van der Waals surface area contributed by atoms with Crippen molar-refractivity contribution in [2.75, 3.05) is 55.6 Å². The summed E-state index contributed by atoms with van der Waals surface area (Å²) >= 11 is 0. The monoisotopic (exact) mass is 345 g/mol. The highest BCUT2D eigenvalue weighted by Gasteiger charge is 2.32. The van der Waals surface area contributed by atoms with Crippen LogP contribution in [0.4, 0.5) is 11.8 Å². The minimum atomic E-state index is -0.452. The minimum Gasteiger partial charge on any atom is -0.389 e. The van der Waals surface area contributed by atoms with Gasteiger partial charge in [-0.1, -0.05) is 19.3 Å². The molecule has 6 heteroatoms. The molecule has 0 bridgehead atoms. The van der Waals surface area contributed by atoms with E-state index in [1.165, 1.54) is 32.1 Å². The number of rotatable bonds is 4. The van der Waals surface area contributed by atoms with E-state index in [-0.39, 0.29) is 0 Å².